The molecule has 1 aromatic rings. The summed E-state index contributed by atoms with van der Waals surface area (Å²) in [4.78, 5) is 12.7. The first-order chi connectivity index (χ1) is 11.1. The van der Waals surface area contributed by atoms with Crippen molar-refractivity contribution >= 4 is 5.91 Å². The zero-order valence-corrected chi connectivity index (χ0v) is 13.9. The summed E-state index contributed by atoms with van der Waals surface area (Å²) in [6.07, 6.45) is 8.15. The summed E-state index contributed by atoms with van der Waals surface area (Å²) in [5.41, 5.74) is 1.65. The van der Waals surface area contributed by atoms with E-state index in [-0.39, 0.29) is 18.6 Å². The first-order valence-electron chi connectivity index (χ1n) is 9.09. The van der Waals surface area contributed by atoms with E-state index in [9.17, 15) is 9.90 Å². The standard InChI is InChI=1S/C20H27NO2/c1-13(21-19(23)18-5-3-2-4-17(18)12-22)20-9-14-6-15(10-20)8-16(7-14)11-20/h2-5,13-16,22H,6-12H2,1H3,(H,21,23)/t13-,14?,15?,16?,20?/m0/s1. The highest BCUT2D eigenvalue weighted by Gasteiger charge is 2.53. The molecule has 0 radical (unpaired) electrons. The second kappa shape index (κ2) is 5.62. The normalized spacial score (nSPS) is 36.0. The second-order valence-electron chi connectivity index (χ2n) is 8.29. The van der Waals surface area contributed by atoms with Gasteiger partial charge in [-0.2, -0.15) is 0 Å². The topological polar surface area (TPSA) is 49.3 Å². The highest BCUT2D eigenvalue weighted by Crippen LogP contribution is 2.61. The van der Waals surface area contributed by atoms with Crippen molar-refractivity contribution in [3.05, 3.63) is 35.4 Å². The van der Waals surface area contributed by atoms with Crippen LogP contribution in [0.2, 0.25) is 0 Å². The predicted molar refractivity (Wildman–Crippen MR) is 89.9 cm³/mol. The van der Waals surface area contributed by atoms with Crippen molar-refractivity contribution in [2.45, 2.75) is 58.1 Å². The lowest BCUT2D eigenvalue weighted by atomic mass is 9.48. The Balaban J connectivity index is 1.51. The van der Waals surface area contributed by atoms with Crippen LogP contribution in [0.25, 0.3) is 0 Å². The Morgan fingerprint density at radius 2 is 1.74 bits per heavy atom. The molecule has 4 saturated carbocycles. The number of amides is 1. The first-order valence-corrected chi connectivity index (χ1v) is 9.09. The average molecular weight is 313 g/mol. The van der Waals surface area contributed by atoms with Crippen LogP contribution < -0.4 is 5.32 Å². The molecule has 4 bridgehead atoms. The molecule has 2 N–H and O–H groups in total. The Hall–Kier alpha value is -1.35. The third-order valence-corrected chi connectivity index (χ3v) is 6.78. The van der Waals surface area contributed by atoms with Gasteiger partial charge in [-0.15, -0.1) is 0 Å². The van der Waals surface area contributed by atoms with E-state index in [2.05, 4.69) is 12.2 Å². The fourth-order valence-corrected chi connectivity index (χ4v) is 6.02. The molecule has 1 amide bonds. The summed E-state index contributed by atoms with van der Waals surface area (Å²) in [5.74, 6) is 2.65. The first kappa shape index (κ1) is 15.2. The van der Waals surface area contributed by atoms with Gasteiger partial charge in [0.25, 0.3) is 5.91 Å². The fraction of sp³-hybridized carbons (Fsp3) is 0.650. The Morgan fingerprint density at radius 3 is 2.30 bits per heavy atom. The molecular formula is C20H27NO2. The van der Waals surface area contributed by atoms with Crippen molar-refractivity contribution in [2.24, 2.45) is 23.2 Å². The van der Waals surface area contributed by atoms with E-state index in [0.29, 0.717) is 16.5 Å². The van der Waals surface area contributed by atoms with E-state index in [1.165, 1.54) is 38.5 Å². The number of aliphatic hydroxyl groups excluding tert-OH is 1. The van der Waals surface area contributed by atoms with Crippen molar-refractivity contribution in [2.75, 3.05) is 0 Å². The SMILES string of the molecule is C[C@H](NC(=O)c1ccccc1CO)C12CC3CC(CC(C3)C1)C2. The number of hydrogen-bond donors (Lipinski definition) is 2. The third kappa shape index (κ3) is 2.59. The van der Waals surface area contributed by atoms with Gasteiger partial charge in [-0.3, -0.25) is 4.79 Å². The number of hydrogen-bond acceptors (Lipinski definition) is 2. The minimum Gasteiger partial charge on any atom is -0.392 e. The average Bonchev–Trinajstić information content (AvgIpc) is 2.53. The number of nitrogens with one attached hydrogen (secondary N) is 1. The molecule has 0 saturated heterocycles. The van der Waals surface area contributed by atoms with E-state index in [0.717, 1.165) is 17.8 Å². The number of rotatable bonds is 4. The Bertz CT molecular complexity index is 574. The number of carbonyl (C=O) groups excluding carboxylic acids is 1. The summed E-state index contributed by atoms with van der Waals surface area (Å²) in [6.45, 7) is 2.11. The third-order valence-electron chi connectivity index (χ3n) is 6.78. The zero-order chi connectivity index (χ0) is 16.0. The second-order valence-corrected chi connectivity index (χ2v) is 8.29. The largest absolute Gasteiger partial charge is 0.392 e. The van der Waals surface area contributed by atoms with Crippen molar-refractivity contribution in [3.8, 4) is 0 Å². The molecular weight excluding hydrogens is 286 g/mol. The van der Waals surface area contributed by atoms with Gasteiger partial charge < -0.3 is 10.4 Å². The Morgan fingerprint density at radius 1 is 1.17 bits per heavy atom. The molecule has 3 nitrogen and oxygen atoms in total. The molecule has 124 valence electrons. The van der Waals surface area contributed by atoms with Crippen LogP contribution in [0.4, 0.5) is 0 Å². The minimum atomic E-state index is -0.0880. The van der Waals surface area contributed by atoms with E-state index >= 15 is 0 Å². The quantitative estimate of drug-likeness (QED) is 0.893. The van der Waals surface area contributed by atoms with Crippen molar-refractivity contribution < 1.29 is 9.90 Å². The zero-order valence-electron chi connectivity index (χ0n) is 13.9. The fourth-order valence-electron chi connectivity index (χ4n) is 6.02. The maximum atomic E-state index is 12.7. The van der Waals surface area contributed by atoms with Gasteiger partial charge in [0.1, 0.15) is 0 Å². The van der Waals surface area contributed by atoms with E-state index in [1.807, 2.05) is 24.3 Å². The molecule has 4 aliphatic rings. The minimum absolute atomic E-state index is 0.0297. The smallest absolute Gasteiger partial charge is 0.251 e. The van der Waals surface area contributed by atoms with Gasteiger partial charge in [0.15, 0.2) is 0 Å². The van der Waals surface area contributed by atoms with E-state index in [1.54, 1.807) is 0 Å². The lowest BCUT2D eigenvalue weighted by molar-refractivity contribution is -0.0688. The van der Waals surface area contributed by atoms with Crippen molar-refractivity contribution in [3.63, 3.8) is 0 Å². The van der Waals surface area contributed by atoms with Crippen LogP contribution in [-0.4, -0.2) is 17.1 Å². The lowest BCUT2D eigenvalue weighted by Gasteiger charge is -2.59. The molecule has 1 aromatic carbocycles. The molecule has 23 heavy (non-hydrogen) atoms. The molecule has 0 aromatic heterocycles. The van der Waals surface area contributed by atoms with Gasteiger partial charge in [0, 0.05) is 11.6 Å². The molecule has 5 rings (SSSR count). The molecule has 4 aliphatic carbocycles. The monoisotopic (exact) mass is 313 g/mol. The van der Waals surface area contributed by atoms with Gasteiger partial charge in [-0.25, -0.2) is 0 Å². The summed E-state index contributed by atoms with van der Waals surface area (Å²) < 4.78 is 0. The molecule has 0 aliphatic heterocycles. The van der Waals surface area contributed by atoms with Crippen LogP contribution in [-0.2, 0) is 6.61 Å². The van der Waals surface area contributed by atoms with Gasteiger partial charge in [0.05, 0.1) is 6.61 Å². The van der Waals surface area contributed by atoms with Crippen LogP contribution in [0.5, 0.6) is 0 Å². The Kier molecular flexibility index (Phi) is 3.72. The molecule has 0 unspecified atom stereocenters. The highest BCUT2D eigenvalue weighted by molar-refractivity contribution is 5.95. The molecule has 1 atom stereocenters. The highest BCUT2D eigenvalue weighted by atomic mass is 16.3. The Labute approximate surface area is 138 Å². The van der Waals surface area contributed by atoms with Crippen LogP contribution >= 0.6 is 0 Å². The van der Waals surface area contributed by atoms with E-state index < -0.39 is 0 Å². The van der Waals surface area contributed by atoms with Crippen LogP contribution in [0, 0.1) is 23.2 Å². The summed E-state index contributed by atoms with van der Waals surface area (Å²) in [7, 11) is 0. The summed E-state index contributed by atoms with van der Waals surface area (Å²) >= 11 is 0. The van der Waals surface area contributed by atoms with E-state index in [4.69, 9.17) is 0 Å². The number of aliphatic hydroxyl groups is 1. The van der Waals surface area contributed by atoms with Crippen molar-refractivity contribution in [1.82, 2.24) is 5.32 Å². The molecule has 3 heteroatoms. The maximum Gasteiger partial charge on any atom is 0.251 e. The lowest BCUT2D eigenvalue weighted by Crippen LogP contribution is -2.55. The number of carbonyl (C=O) groups is 1. The van der Waals surface area contributed by atoms with Gasteiger partial charge in [0.2, 0.25) is 0 Å². The van der Waals surface area contributed by atoms with Gasteiger partial charge in [-0.05, 0) is 80.2 Å². The van der Waals surface area contributed by atoms with Crippen molar-refractivity contribution in [1.29, 1.82) is 0 Å². The molecule has 0 heterocycles. The maximum absolute atomic E-state index is 12.7. The predicted octanol–water partition coefficient (Wildman–Crippen LogP) is 3.51. The molecule has 0 spiro atoms. The van der Waals surface area contributed by atoms with Crippen LogP contribution in [0.15, 0.2) is 24.3 Å². The van der Waals surface area contributed by atoms with Crippen LogP contribution in [0.3, 0.4) is 0 Å². The number of benzene rings is 1. The summed E-state index contributed by atoms with van der Waals surface area (Å²) in [5, 5.41) is 12.7. The molecule has 4 fully saturated rings. The summed E-state index contributed by atoms with van der Waals surface area (Å²) in [6, 6.07) is 7.58. The van der Waals surface area contributed by atoms with Gasteiger partial charge >= 0.3 is 0 Å². The van der Waals surface area contributed by atoms with Crippen LogP contribution in [0.1, 0.15) is 61.4 Å². The van der Waals surface area contributed by atoms with Gasteiger partial charge in [-0.1, -0.05) is 18.2 Å².